The maximum absolute atomic E-state index is 11.2. The van der Waals surface area contributed by atoms with E-state index in [1.165, 1.54) is 21.0 Å². The molecular weight excluding hydrogens is 318 g/mol. The van der Waals surface area contributed by atoms with Gasteiger partial charge in [0.25, 0.3) is 10.1 Å². The van der Waals surface area contributed by atoms with Crippen molar-refractivity contribution in [1.82, 2.24) is 0 Å². The fourth-order valence-corrected chi connectivity index (χ4v) is 1.98. The van der Waals surface area contributed by atoms with Gasteiger partial charge in [0.15, 0.2) is 6.10 Å². The van der Waals surface area contributed by atoms with Crippen LogP contribution in [0.5, 0.6) is 0 Å². The minimum atomic E-state index is -3.65. The van der Waals surface area contributed by atoms with Crippen LogP contribution in [0.4, 0.5) is 0 Å². The van der Waals surface area contributed by atoms with Gasteiger partial charge in [-0.3, -0.25) is 13.8 Å². The predicted octanol–water partition coefficient (Wildman–Crippen LogP) is 0.0943. The van der Waals surface area contributed by atoms with Crippen molar-refractivity contribution in [3.05, 3.63) is 0 Å². The van der Waals surface area contributed by atoms with E-state index in [4.69, 9.17) is 9.47 Å². The first-order chi connectivity index (χ1) is 10.1. The Bertz CT molecular complexity index is 501. The molecular formula is C12H21NO8S. The van der Waals surface area contributed by atoms with Crippen molar-refractivity contribution >= 4 is 28.3 Å². The molecule has 0 radical (unpaired) electrons. The largest absolute Gasteiger partial charge is 0.458 e. The van der Waals surface area contributed by atoms with Crippen LogP contribution in [0.1, 0.15) is 20.8 Å². The number of carbonyl (C=O) groups is 2. The summed E-state index contributed by atoms with van der Waals surface area (Å²) in [6, 6.07) is 0. The lowest BCUT2D eigenvalue weighted by Gasteiger charge is -2.27. The Morgan fingerprint density at radius 3 is 2.14 bits per heavy atom. The number of nitrogens with zero attached hydrogens (tertiary/aromatic N) is 1. The van der Waals surface area contributed by atoms with Crippen molar-refractivity contribution in [2.45, 2.75) is 33.0 Å². The van der Waals surface area contributed by atoms with E-state index in [1.807, 2.05) is 0 Å². The van der Waals surface area contributed by atoms with E-state index in [9.17, 15) is 18.0 Å². The van der Waals surface area contributed by atoms with Crippen LogP contribution in [-0.4, -0.2) is 58.8 Å². The summed E-state index contributed by atoms with van der Waals surface area (Å²) in [5.41, 5.74) is 0. The number of esters is 2. The Hall–Kier alpha value is -1.68. The molecule has 0 N–H and O–H groups in total. The van der Waals surface area contributed by atoms with E-state index in [0.717, 1.165) is 12.5 Å². The molecule has 0 aromatic heterocycles. The summed E-state index contributed by atoms with van der Waals surface area (Å²) in [7, 11) is -2.36. The number of hydrogen-bond donors (Lipinski definition) is 0. The second-order valence-electron chi connectivity index (χ2n) is 4.55. The van der Waals surface area contributed by atoms with Crippen LogP contribution in [0, 0.1) is 5.92 Å². The average Bonchev–Trinajstić information content (AvgIpc) is 2.36. The van der Waals surface area contributed by atoms with Crippen LogP contribution >= 0.6 is 0 Å². The van der Waals surface area contributed by atoms with Crippen LogP contribution in [0.25, 0.3) is 0 Å². The lowest BCUT2D eigenvalue weighted by molar-refractivity contribution is -0.164. The van der Waals surface area contributed by atoms with Gasteiger partial charge in [0, 0.05) is 19.8 Å². The molecule has 0 aliphatic carbocycles. The molecule has 0 heterocycles. The van der Waals surface area contributed by atoms with Gasteiger partial charge < -0.3 is 14.3 Å². The molecule has 10 heteroatoms. The summed E-state index contributed by atoms with van der Waals surface area (Å²) in [6.45, 7) is 3.68. The molecule has 0 rings (SSSR count). The molecule has 0 aliphatic heterocycles. The topological polar surface area (TPSA) is 118 Å². The van der Waals surface area contributed by atoms with Crippen LogP contribution in [-0.2, 0) is 38.2 Å². The predicted molar refractivity (Wildman–Crippen MR) is 76.6 cm³/mol. The van der Waals surface area contributed by atoms with Gasteiger partial charge >= 0.3 is 11.9 Å². The van der Waals surface area contributed by atoms with E-state index in [-0.39, 0.29) is 6.61 Å². The second-order valence-corrected chi connectivity index (χ2v) is 6.20. The molecule has 0 saturated heterocycles. The zero-order valence-electron chi connectivity index (χ0n) is 13.1. The molecule has 0 aromatic rings. The first-order valence-corrected chi connectivity index (χ1v) is 8.14. The maximum atomic E-state index is 11.2. The van der Waals surface area contributed by atoms with Crippen molar-refractivity contribution in [2.75, 3.05) is 20.0 Å². The first kappa shape index (κ1) is 20.3. The third-order valence-corrected chi connectivity index (χ3v) is 2.91. The molecule has 0 amide bonds. The van der Waals surface area contributed by atoms with Gasteiger partial charge in [0.05, 0.1) is 19.1 Å². The fourth-order valence-electron chi connectivity index (χ4n) is 1.52. The van der Waals surface area contributed by atoms with Crippen molar-refractivity contribution in [2.24, 2.45) is 11.1 Å². The van der Waals surface area contributed by atoms with Gasteiger partial charge in [0.2, 0.25) is 0 Å². The Morgan fingerprint density at radius 2 is 1.73 bits per heavy atom. The Kier molecular flexibility index (Phi) is 8.65. The first-order valence-electron chi connectivity index (χ1n) is 6.32. The Morgan fingerprint density at radius 1 is 1.18 bits per heavy atom. The van der Waals surface area contributed by atoms with Crippen LogP contribution < -0.4 is 0 Å². The minimum Gasteiger partial charge on any atom is -0.458 e. The molecule has 128 valence electrons. The molecule has 0 aliphatic rings. The molecule has 0 spiro atoms. The summed E-state index contributed by atoms with van der Waals surface area (Å²) in [6.07, 6.45) is 0.0178. The summed E-state index contributed by atoms with van der Waals surface area (Å²) in [5, 5.41) is 3.49. The van der Waals surface area contributed by atoms with Crippen molar-refractivity contribution < 1.29 is 36.5 Å². The van der Waals surface area contributed by atoms with Crippen LogP contribution in [0.3, 0.4) is 0 Å². The highest BCUT2D eigenvalue weighted by Gasteiger charge is 2.32. The highest BCUT2D eigenvalue weighted by molar-refractivity contribution is 7.85. The lowest BCUT2D eigenvalue weighted by atomic mass is 10.0. The van der Waals surface area contributed by atoms with Crippen LogP contribution in [0.15, 0.2) is 5.16 Å². The average molecular weight is 339 g/mol. The number of rotatable bonds is 9. The normalized spacial score (nSPS) is 15.9. The van der Waals surface area contributed by atoms with E-state index in [0.29, 0.717) is 0 Å². The Labute approximate surface area is 129 Å². The van der Waals surface area contributed by atoms with Gasteiger partial charge in [-0.25, -0.2) is 0 Å². The SMILES string of the molecule is CO/N=C/[C@H](OC(C)=O)[C@@H](OC(C)=O)[C@H](C)COS(C)(=O)=O. The molecule has 0 bridgehead atoms. The second kappa shape index (κ2) is 9.36. The van der Waals surface area contributed by atoms with E-state index >= 15 is 0 Å². The third-order valence-electron chi connectivity index (χ3n) is 2.35. The number of oxime groups is 1. The quantitative estimate of drug-likeness (QED) is 0.251. The zero-order chi connectivity index (χ0) is 17.3. The summed E-state index contributed by atoms with van der Waals surface area (Å²) < 4.78 is 36.9. The molecule has 22 heavy (non-hydrogen) atoms. The summed E-state index contributed by atoms with van der Waals surface area (Å²) >= 11 is 0. The minimum absolute atomic E-state index is 0.255. The van der Waals surface area contributed by atoms with Gasteiger partial charge in [0.1, 0.15) is 13.2 Å². The smallest absolute Gasteiger partial charge is 0.303 e. The summed E-state index contributed by atoms with van der Waals surface area (Å²) in [4.78, 5) is 26.9. The molecule has 3 atom stereocenters. The number of hydrogen-bond acceptors (Lipinski definition) is 9. The van der Waals surface area contributed by atoms with Gasteiger partial charge in [-0.15, -0.1) is 0 Å². The molecule has 0 aromatic carbocycles. The maximum Gasteiger partial charge on any atom is 0.303 e. The summed E-state index contributed by atoms with van der Waals surface area (Å²) in [5.74, 6) is -1.84. The van der Waals surface area contributed by atoms with Crippen molar-refractivity contribution in [3.8, 4) is 0 Å². The molecule has 0 saturated carbocycles. The van der Waals surface area contributed by atoms with E-state index in [1.54, 1.807) is 6.92 Å². The molecule has 9 nitrogen and oxygen atoms in total. The van der Waals surface area contributed by atoms with E-state index in [2.05, 4.69) is 14.2 Å². The van der Waals surface area contributed by atoms with E-state index < -0.39 is 40.2 Å². The number of ether oxygens (including phenoxy) is 2. The molecule has 0 unspecified atom stereocenters. The highest BCUT2D eigenvalue weighted by Crippen LogP contribution is 2.16. The Balaban J connectivity index is 5.20. The zero-order valence-corrected chi connectivity index (χ0v) is 14.0. The number of carbonyl (C=O) groups excluding carboxylic acids is 2. The monoisotopic (exact) mass is 339 g/mol. The third kappa shape index (κ3) is 9.29. The van der Waals surface area contributed by atoms with Gasteiger partial charge in [-0.05, 0) is 0 Å². The van der Waals surface area contributed by atoms with Crippen molar-refractivity contribution in [3.63, 3.8) is 0 Å². The van der Waals surface area contributed by atoms with Crippen molar-refractivity contribution in [1.29, 1.82) is 0 Å². The fraction of sp³-hybridized carbons (Fsp3) is 0.750. The van der Waals surface area contributed by atoms with Crippen LogP contribution in [0.2, 0.25) is 0 Å². The van der Waals surface area contributed by atoms with Gasteiger partial charge in [-0.2, -0.15) is 8.42 Å². The highest BCUT2D eigenvalue weighted by atomic mass is 32.2. The van der Waals surface area contributed by atoms with Gasteiger partial charge in [-0.1, -0.05) is 12.1 Å². The lowest BCUT2D eigenvalue weighted by Crippen LogP contribution is -2.42. The molecule has 0 fully saturated rings. The standard InChI is InChI=1S/C12H21NO8S/c1-8(7-19-22(5,16)17)12(21-10(3)15)11(6-13-18-4)20-9(2)14/h6,8,11-12H,7H2,1-5H3/b13-6+/t8-,11+,12+/m1/s1.